The third-order valence-electron chi connectivity index (χ3n) is 5.62. The predicted molar refractivity (Wildman–Crippen MR) is 134 cm³/mol. The zero-order valence-electron chi connectivity index (χ0n) is 20.0. The van der Waals surface area contributed by atoms with Gasteiger partial charge in [0.05, 0.1) is 36.5 Å². The molecule has 0 saturated carbocycles. The molecule has 1 amide bonds. The monoisotopic (exact) mass is 473 g/mol. The molecule has 0 aliphatic carbocycles. The van der Waals surface area contributed by atoms with E-state index in [-0.39, 0.29) is 0 Å². The average molecular weight is 474 g/mol. The van der Waals surface area contributed by atoms with Gasteiger partial charge in [-0.05, 0) is 43.7 Å². The quantitative estimate of drug-likeness (QED) is 0.344. The minimum Gasteiger partial charge on any atom is -0.497 e. The van der Waals surface area contributed by atoms with Crippen molar-refractivity contribution in [2.24, 2.45) is 0 Å². The average Bonchev–Trinajstić information content (AvgIpc) is 3.30. The fourth-order valence-corrected chi connectivity index (χ4v) is 3.63. The van der Waals surface area contributed by atoms with E-state index in [1.807, 2.05) is 31.2 Å². The molecule has 0 spiro atoms. The number of esters is 1. The van der Waals surface area contributed by atoms with Crippen molar-refractivity contribution in [1.29, 1.82) is 0 Å². The van der Waals surface area contributed by atoms with Gasteiger partial charge in [0, 0.05) is 11.6 Å². The molecule has 1 aromatic heterocycles. The number of ether oxygens (including phenoxy) is 3. The number of rotatable bonds is 8. The van der Waals surface area contributed by atoms with Gasteiger partial charge in [-0.1, -0.05) is 36.8 Å². The number of fused-ring (bicyclic) bond motifs is 1. The van der Waals surface area contributed by atoms with E-state index in [0.29, 0.717) is 40.5 Å². The molecule has 180 valence electrons. The molecule has 8 nitrogen and oxygen atoms in total. The summed E-state index contributed by atoms with van der Waals surface area (Å²) < 4.78 is 16.1. The van der Waals surface area contributed by atoms with Gasteiger partial charge in [0.25, 0.3) is 5.91 Å². The topological polar surface area (TPSA) is 103 Å². The third-order valence-corrected chi connectivity index (χ3v) is 5.62. The SMILES string of the molecule is CCC(OC(=O)c1ccc2nc(-c3ccc(C)cc3)[nH]c2c1)C(=O)Nc1cc(OC)ccc1OC. The molecule has 0 saturated heterocycles. The Labute approximate surface area is 203 Å². The molecule has 35 heavy (non-hydrogen) atoms. The summed E-state index contributed by atoms with van der Waals surface area (Å²) in [7, 11) is 3.04. The van der Waals surface area contributed by atoms with E-state index in [1.54, 1.807) is 43.3 Å². The van der Waals surface area contributed by atoms with Crippen LogP contribution in [0.3, 0.4) is 0 Å². The van der Waals surface area contributed by atoms with Crippen LogP contribution in [0.5, 0.6) is 11.5 Å². The van der Waals surface area contributed by atoms with E-state index in [4.69, 9.17) is 14.2 Å². The summed E-state index contributed by atoms with van der Waals surface area (Å²) in [6, 6.07) is 18.1. The summed E-state index contributed by atoms with van der Waals surface area (Å²) in [5.74, 6) is 0.677. The van der Waals surface area contributed by atoms with Crippen LogP contribution < -0.4 is 14.8 Å². The van der Waals surface area contributed by atoms with Crippen molar-refractivity contribution in [3.05, 3.63) is 71.8 Å². The molecule has 1 heterocycles. The zero-order chi connectivity index (χ0) is 24.9. The Balaban J connectivity index is 1.50. The lowest BCUT2D eigenvalue weighted by Crippen LogP contribution is -2.32. The summed E-state index contributed by atoms with van der Waals surface area (Å²) in [4.78, 5) is 33.6. The fourth-order valence-electron chi connectivity index (χ4n) is 3.63. The number of anilines is 1. The van der Waals surface area contributed by atoms with Crippen molar-refractivity contribution in [1.82, 2.24) is 9.97 Å². The van der Waals surface area contributed by atoms with E-state index in [9.17, 15) is 9.59 Å². The van der Waals surface area contributed by atoms with Gasteiger partial charge in [-0.15, -0.1) is 0 Å². The van der Waals surface area contributed by atoms with Gasteiger partial charge in [0.15, 0.2) is 6.10 Å². The van der Waals surface area contributed by atoms with E-state index in [1.165, 1.54) is 14.2 Å². The molecule has 8 heteroatoms. The molecule has 4 aromatic rings. The predicted octanol–water partition coefficient (Wildman–Crippen LogP) is 5.13. The first-order valence-electron chi connectivity index (χ1n) is 11.2. The standard InChI is InChI=1S/C27H27N3O5/c1-5-23(26(31)30-22-15-19(33-3)11-13-24(22)34-4)35-27(32)18-10-12-20-21(14-18)29-25(28-20)17-8-6-16(2)7-9-17/h6-15,23H,5H2,1-4H3,(H,28,29)(H,30,31). The smallest absolute Gasteiger partial charge is 0.338 e. The van der Waals surface area contributed by atoms with E-state index < -0.39 is 18.0 Å². The molecule has 0 radical (unpaired) electrons. The van der Waals surface area contributed by atoms with Gasteiger partial charge in [-0.3, -0.25) is 4.79 Å². The molecule has 0 fully saturated rings. The second-order valence-electron chi connectivity index (χ2n) is 8.04. The first kappa shape index (κ1) is 23.8. The second-order valence-corrected chi connectivity index (χ2v) is 8.04. The van der Waals surface area contributed by atoms with Gasteiger partial charge in [-0.25, -0.2) is 9.78 Å². The summed E-state index contributed by atoms with van der Waals surface area (Å²) >= 11 is 0. The minimum atomic E-state index is -0.987. The molecule has 3 aromatic carbocycles. The van der Waals surface area contributed by atoms with E-state index in [0.717, 1.165) is 16.6 Å². The number of methoxy groups -OCH3 is 2. The third kappa shape index (κ3) is 5.27. The maximum atomic E-state index is 12.9. The van der Waals surface area contributed by atoms with Gasteiger partial charge < -0.3 is 24.5 Å². The van der Waals surface area contributed by atoms with Crippen LogP contribution in [0.2, 0.25) is 0 Å². The highest BCUT2D eigenvalue weighted by molar-refractivity contribution is 5.99. The molecule has 4 rings (SSSR count). The zero-order valence-corrected chi connectivity index (χ0v) is 20.0. The van der Waals surface area contributed by atoms with Crippen molar-refractivity contribution in [2.45, 2.75) is 26.4 Å². The molecule has 1 unspecified atom stereocenters. The number of imidazole rings is 1. The molecule has 1 atom stereocenters. The molecular formula is C27H27N3O5. The number of carbonyl (C=O) groups is 2. The molecule has 0 bridgehead atoms. The largest absolute Gasteiger partial charge is 0.497 e. The van der Waals surface area contributed by atoms with Crippen molar-refractivity contribution < 1.29 is 23.8 Å². The number of H-pyrrole nitrogens is 1. The maximum Gasteiger partial charge on any atom is 0.338 e. The van der Waals surface area contributed by atoms with Crippen LogP contribution >= 0.6 is 0 Å². The Morgan fingerprint density at radius 2 is 1.77 bits per heavy atom. The van der Waals surface area contributed by atoms with Crippen molar-refractivity contribution >= 4 is 28.6 Å². The lowest BCUT2D eigenvalue weighted by atomic mass is 10.1. The van der Waals surface area contributed by atoms with Crippen LogP contribution in [0.25, 0.3) is 22.4 Å². The number of carbonyl (C=O) groups excluding carboxylic acids is 2. The van der Waals surface area contributed by atoms with Crippen molar-refractivity contribution in [3.63, 3.8) is 0 Å². The van der Waals surface area contributed by atoms with Gasteiger partial charge in [0.2, 0.25) is 0 Å². The number of aryl methyl sites for hydroxylation is 1. The van der Waals surface area contributed by atoms with Crippen LogP contribution in [-0.2, 0) is 9.53 Å². The van der Waals surface area contributed by atoms with E-state index >= 15 is 0 Å². The van der Waals surface area contributed by atoms with Gasteiger partial charge >= 0.3 is 5.97 Å². The normalized spacial score (nSPS) is 11.7. The molecule has 2 N–H and O–H groups in total. The molecular weight excluding hydrogens is 446 g/mol. The lowest BCUT2D eigenvalue weighted by molar-refractivity contribution is -0.124. The first-order valence-corrected chi connectivity index (χ1v) is 11.2. The highest BCUT2D eigenvalue weighted by atomic mass is 16.5. The fraction of sp³-hybridized carbons (Fsp3) is 0.222. The highest BCUT2D eigenvalue weighted by Crippen LogP contribution is 2.29. The van der Waals surface area contributed by atoms with Crippen LogP contribution in [0, 0.1) is 6.92 Å². The van der Waals surface area contributed by atoms with Crippen LogP contribution in [0.15, 0.2) is 60.7 Å². The number of nitrogens with zero attached hydrogens (tertiary/aromatic N) is 1. The van der Waals surface area contributed by atoms with Crippen molar-refractivity contribution in [3.8, 4) is 22.9 Å². The number of hydrogen-bond donors (Lipinski definition) is 2. The molecule has 0 aliphatic heterocycles. The Kier molecular flexibility index (Phi) is 7.01. The summed E-state index contributed by atoms with van der Waals surface area (Å²) in [6.07, 6.45) is -0.688. The second kappa shape index (κ2) is 10.3. The Morgan fingerprint density at radius 3 is 2.46 bits per heavy atom. The Hall–Kier alpha value is -4.33. The summed E-state index contributed by atoms with van der Waals surface area (Å²) in [5.41, 5.74) is 4.29. The van der Waals surface area contributed by atoms with E-state index in [2.05, 4.69) is 15.3 Å². The number of nitrogens with one attached hydrogen (secondary N) is 2. The van der Waals surface area contributed by atoms with Crippen molar-refractivity contribution in [2.75, 3.05) is 19.5 Å². The number of aromatic amines is 1. The van der Waals surface area contributed by atoms with Gasteiger partial charge in [0.1, 0.15) is 17.3 Å². The van der Waals surface area contributed by atoms with Crippen LogP contribution in [0.4, 0.5) is 5.69 Å². The maximum absolute atomic E-state index is 12.9. The Bertz CT molecular complexity index is 1360. The number of benzene rings is 3. The van der Waals surface area contributed by atoms with Crippen LogP contribution in [0.1, 0.15) is 29.3 Å². The Morgan fingerprint density at radius 1 is 1.00 bits per heavy atom. The van der Waals surface area contributed by atoms with Crippen LogP contribution in [-0.4, -0.2) is 42.2 Å². The summed E-state index contributed by atoms with van der Waals surface area (Å²) in [5, 5.41) is 2.76. The lowest BCUT2D eigenvalue weighted by Gasteiger charge is -2.17. The first-order chi connectivity index (χ1) is 16.9. The number of aromatic nitrogens is 2. The summed E-state index contributed by atoms with van der Waals surface area (Å²) in [6.45, 7) is 3.80. The minimum absolute atomic E-state index is 0.299. The number of hydrogen-bond acceptors (Lipinski definition) is 6. The van der Waals surface area contributed by atoms with Gasteiger partial charge in [-0.2, -0.15) is 0 Å². The molecule has 0 aliphatic rings. The number of amides is 1. The highest BCUT2D eigenvalue weighted by Gasteiger charge is 2.24.